The minimum atomic E-state index is 0.243. The summed E-state index contributed by atoms with van der Waals surface area (Å²) in [5.41, 5.74) is 6.15. The maximum atomic E-state index is 12.4. The van der Waals surface area contributed by atoms with Crippen molar-refractivity contribution < 1.29 is 4.79 Å². The van der Waals surface area contributed by atoms with Crippen LogP contribution in [0.25, 0.3) is 0 Å². The summed E-state index contributed by atoms with van der Waals surface area (Å²) in [5.74, 6) is 0.741. The first-order valence-corrected chi connectivity index (χ1v) is 7.89. The first-order chi connectivity index (χ1) is 9.11. The van der Waals surface area contributed by atoms with Gasteiger partial charge in [0.25, 0.3) is 0 Å². The summed E-state index contributed by atoms with van der Waals surface area (Å²) in [6.45, 7) is 8.27. The van der Waals surface area contributed by atoms with Gasteiger partial charge in [0.15, 0.2) is 0 Å². The molecule has 0 spiro atoms. The highest BCUT2D eigenvalue weighted by Crippen LogP contribution is 2.26. The summed E-state index contributed by atoms with van der Waals surface area (Å²) in [5, 5.41) is 0. The molecule has 1 saturated heterocycles. The van der Waals surface area contributed by atoms with Gasteiger partial charge in [0.2, 0.25) is 5.91 Å². The number of rotatable bonds is 3. The molecule has 0 aromatic heterocycles. The summed E-state index contributed by atoms with van der Waals surface area (Å²) in [6.07, 6.45) is 5.37. The van der Waals surface area contributed by atoms with Crippen LogP contribution in [0.1, 0.15) is 46.0 Å². The van der Waals surface area contributed by atoms with Gasteiger partial charge < -0.3 is 10.6 Å². The molecule has 2 fully saturated rings. The summed E-state index contributed by atoms with van der Waals surface area (Å²) in [4.78, 5) is 16.9. The molecule has 0 aromatic carbocycles. The lowest BCUT2D eigenvalue weighted by Crippen LogP contribution is -2.54. The second kappa shape index (κ2) is 6.71. The number of nitrogens with two attached hydrogens (primary N) is 1. The molecule has 3 unspecified atom stereocenters. The number of amides is 1. The Morgan fingerprint density at radius 1 is 1.26 bits per heavy atom. The van der Waals surface area contributed by atoms with E-state index in [4.69, 9.17) is 5.73 Å². The van der Waals surface area contributed by atoms with E-state index in [9.17, 15) is 4.79 Å². The number of hydrogen-bond acceptors (Lipinski definition) is 3. The Bertz CT molecular complexity index is 308. The van der Waals surface area contributed by atoms with Gasteiger partial charge in [-0.1, -0.05) is 19.8 Å². The van der Waals surface area contributed by atoms with Crippen molar-refractivity contribution in [1.29, 1.82) is 0 Å². The molecule has 0 bridgehead atoms. The zero-order chi connectivity index (χ0) is 13.8. The minimum Gasteiger partial charge on any atom is -0.340 e. The predicted molar refractivity (Wildman–Crippen MR) is 77.8 cm³/mol. The Kier molecular flexibility index (Phi) is 5.22. The zero-order valence-corrected chi connectivity index (χ0v) is 12.5. The van der Waals surface area contributed by atoms with Crippen LogP contribution in [0.15, 0.2) is 0 Å². The fourth-order valence-electron chi connectivity index (χ4n) is 3.53. The Labute approximate surface area is 117 Å². The van der Waals surface area contributed by atoms with Crippen molar-refractivity contribution in [2.24, 2.45) is 11.7 Å². The molecule has 2 aliphatic rings. The van der Waals surface area contributed by atoms with Crippen molar-refractivity contribution >= 4 is 5.91 Å². The van der Waals surface area contributed by atoms with Crippen LogP contribution in [-0.4, -0.2) is 54.0 Å². The Morgan fingerprint density at radius 3 is 2.63 bits per heavy atom. The standard InChI is InChI=1S/C15H29N3O/c1-3-17-8-9-18(11-12(17)2)15(19)10-13-6-4-5-7-14(13)16/h12-14H,3-11,16H2,1-2H3. The largest absolute Gasteiger partial charge is 0.340 e. The average molecular weight is 267 g/mol. The Balaban J connectivity index is 1.83. The zero-order valence-electron chi connectivity index (χ0n) is 12.5. The topological polar surface area (TPSA) is 49.6 Å². The average Bonchev–Trinajstić information content (AvgIpc) is 2.41. The third kappa shape index (κ3) is 3.69. The Hall–Kier alpha value is -0.610. The highest BCUT2D eigenvalue weighted by atomic mass is 16.2. The van der Waals surface area contributed by atoms with Crippen LogP contribution in [0.2, 0.25) is 0 Å². The van der Waals surface area contributed by atoms with Crippen molar-refractivity contribution in [1.82, 2.24) is 9.80 Å². The van der Waals surface area contributed by atoms with Crippen LogP contribution < -0.4 is 5.73 Å². The molecular formula is C15H29N3O. The molecule has 2 rings (SSSR count). The van der Waals surface area contributed by atoms with E-state index < -0.39 is 0 Å². The van der Waals surface area contributed by atoms with Crippen LogP contribution >= 0.6 is 0 Å². The van der Waals surface area contributed by atoms with Gasteiger partial charge in [0.05, 0.1) is 0 Å². The third-order valence-electron chi connectivity index (χ3n) is 4.93. The fourth-order valence-corrected chi connectivity index (χ4v) is 3.53. The number of nitrogens with zero attached hydrogens (tertiary/aromatic N) is 2. The molecule has 4 heteroatoms. The number of carbonyl (C=O) groups is 1. The molecule has 1 aliphatic heterocycles. The van der Waals surface area contributed by atoms with Gasteiger partial charge in [-0.15, -0.1) is 0 Å². The van der Waals surface area contributed by atoms with Crippen LogP contribution in [0, 0.1) is 5.92 Å². The summed E-state index contributed by atoms with van der Waals surface area (Å²) >= 11 is 0. The summed E-state index contributed by atoms with van der Waals surface area (Å²) in [6, 6.07) is 0.731. The van der Waals surface area contributed by atoms with E-state index in [1.807, 2.05) is 0 Å². The first-order valence-electron chi connectivity index (χ1n) is 7.89. The maximum Gasteiger partial charge on any atom is 0.223 e. The van der Waals surface area contributed by atoms with E-state index in [1.165, 1.54) is 12.8 Å². The van der Waals surface area contributed by atoms with Crippen molar-refractivity contribution in [3.63, 3.8) is 0 Å². The highest BCUT2D eigenvalue weighted by Gasteiger charge is 2.29. The van der Waals surface area contributed by atoms with Gasteiger partial charge in [-0.25, -0.2) is 0 Å². The van der Waals surface area contributed by atoms with Gasteiger partial charge in [-0.2, -0.15) is 0 Å². The lowest BCUT2D eigenvalue weighted by molar-refractivity contribution is -0.135. The first kappa shape index (κ1) is 14.8. The molecule has 1 heterocycles. The highest BCUT2D eigenvalue weighted by molar-refractivity contribution is 5.76. The van der Waals surface area contributed by atoms with Crippen molar-refractivity contribution in [3.05, 3.63) is 0 Å². The van der Waals surface area contributed by atoms with E-state index >= 15 is 0 Å². The normalized spacial score (nSPS) is 33.4. The molecule has 0 aromatic rings. The van der Waals surface area contributed by atoms with E-state index in [0.717, 1.165) is 39.0 Å². The molecule has 19 heavy (non-hydrogen) atoms. The molecule has 3 atom stereocenters. The second-order valence-electron chi connectivity index (χ2n) is 6.23. The lowest BCUT2D eigenvalue weighted by Gasteiger charge is -2.40. The summed E-state index contributed by atoms with van der Waals surface area (Å²) in [7, 11) is 0. The number of hydrogen-bond donors (Lipinski definition) is 1. The number of piperazine rings is 1. The predicted octanol–water partition coefficient (Wildman–Crippen LogP) is 1.45. The molecule has 4 nitrogen and oxygen atoms in total. The SMILES string of the molecule is CCN1CCN(C(=O)CC2CCCCC2N)CC1C. The quantitative estimate of drug-likeness (QED) is 0.842. The molecule has 1 saturated carbocycles. The van der Waals surface area contributed by atoms with Crippen LogP contribution in [0.5, 0.6) is 0 Å². The van der Waals surface area contributed by atoms with Gasteiger partial charge >= 0.3 is 0 Å². The van der Waals surface area contributed by atoms with E-state index in [0.29, 0.717) is 24.3 Å². The molecule has 1 aliphatic carbocycles. The van der Waals surface area contributed by atoms with Gasteiger partial charge in [0.1, 0.15) is 0 Å². The molecular weight excluding hydrogens is 238 g/mol. The van der Waals surface area contributed by atoms with Crippen LogP contribution in [0.4, 0.5) is 0 Å². The van der Waals surface area contributed by atoms with Gasteiger partial charge in [-0.05, 0) is 32.2 Å². The molecule has 1 amide bonds. The van der Waals surface area contributed by atoms with Crippen molar-refractivity contribution in [2.45, 2.75) is 58.0 Å². The third-order valence-corrected chi connectivity index (χ3v) is 4.93. The molecule has 2 N–H and O–H groups in total. The minimum absolute atomic E-state index is 0.243. The van der Waals surface area contributed by atoms with Crippen molar-refractivity contribution in [3.8, 4) is 0 Å². The molecule has 0 radical (unpaired) electrons. The van der Waals surface area contributed by atoms with Crippen molar-refractivity contribution in [2.75, 3.05) is 26.2 Å². The molecule has 110 valence electrons. The van der Waals surface area contributed by atoms with Gasteiger partial charge in [-0.3, -0.25) is 9.69 Å². The van der Waals surface area contributed by atoms with Crippen LogP contribution in [-0.2, 0) is 4.79 Å². The Morgan fingerprint density at radius 2 is 2.00 bits per heavy atom. The van der Waals surface area contributed by atoms with Crippen LogP contribution in [0.3, 0.4) is 0 Å². The fraction of sp³-hybridized carbons (Fsp3) is 0.933. The summed E-state index contributed by atoms with van der Waals surface area (Å²) < 4.78 is 0. The van der Waals surface area contributed by atoms with Gasteiger partial charge in [0, 0.05) is 38.1 Å². The number of likely N-dealkylation sites (N-methyl/N-ethyl adjacent to an activating group) is 1. The smallest absolute Gasteiger partial charge is 0.223 e. The van der Waals surface area contributed by atoms with E-state index in [1.54, 1.807) is 0 Å². The number of carbonyl (C=O) groups excluding carboxylic acids is 1. The van der Waals surface area contributed by atoms with E-state index in [2.05, 4.69) is 23.6 Å². The van der Waals surface area contributed by atoms with E-state index in [-0.39, 0.29) is 6.04 Å². The monoisotopic (exact) mass is 267 g/mol. The second-order valence-corrected chi connectivity index (χ2v) is 6.23. The maximum absolute atomic E-state index is 12.4. The lowest BCUT2D eigenvalue weighted by atomic mass is 9.82.